The average molecular weight is 281 g/mol. The lowest BCUT2D eigenvalue weighted by Gasteiger charge is -2.06. The number of rotatable bonds is 9. The Morgan fingerprint density at radius 1 is 1.25 bits per heavy atom. The fourth-order valence-electron chi connectivity index (χ4n) is 1.70. The van der Waals surface area contributed by atoms with E-state index >= 15 is 0 Å². The average Bonchev–Trinajstić information content (AvgIpc) is 2.40. The molecule has 110 valence electrons. The second-order valence-corrected chi connectivity index (χ2v) is 4.44. The Morgan fingerprint density at radius 2 is 2.00 bits per heavy atom. The van der Waals surface area contributed by atoms with Crippen molar-refractivity contribution in [3.63, 3.8) is 0 Å². The Hall–Kier alpha value is -2.18. The molecule has 0 spiro atoms. The van der Waals surface area contributed by atoms with E-state index in [2.05, 4.69) is 10.3 Å². The summed E-state index contributed by atoms with van der Waals surface area (Å²) in [5.41, 5.74) is -0.448. The van der Waals surface area contributed by atoms with E-state index in [4.69, 9.17) is 5.11 Å². The first-order valence-corrected chi connectivity index (χ1v) is 6.59. The SMILES string of the molecule is O=C(O)CCCCCCNC(=O)Cn1cccnc1=O. The van der Waals surface area contributed by atoms with Gasteiger partial charge in [0.05, 0.1) is 0 Å². The molecular formula is C13H19N3O4. The number of hydrogen-bond acceptors (Lipinski definition) is 4. The third-order valence-electron chi connectivity index (χ3n) is 2.74. The van der Waals surface area contributed by atoms with Gasteiger partial charge >= 0.3 is 11.7 Å². The Bertz CT molecular complexity index is 498. The van der Waals surface area contributed by atoms with Gasteiger partial charge < -0.3 is 10.4 Å². The van der Waals surface area contributed by atoms with Crippen LogP contribution in [0.25, 0.3) is 0 Å². The summed E-state index contributed by atoms with van der Waals surface area (Å²) in [6.45, 7) is 0.493. The molecular weight excluding hydrogens is 262 g/mol. The number of unbranched alkanes of at least 4 members (excludes halogenated alkanes) is 3. The van der Waals surface area contributed by atoms with Crippen molar-refractivity contribution < 1.29 is 14.7 Å². The van der Waals surface area contributed by atoms with E-state index < -0.39 is 11.7 Å². The van der Waals surface area contributed by atoms with Crippen molar-refractivity contribution in [1.82, 2.24) is 14.9 Å². The number of amides is 1. The van der Waals surface area contributed by atoms with Crippen LogP contribution in [-0.2, 0) is 16.1 Å². The van der Waals surface area contributed by atoms with E-state index in [9.17, 15) is 14.4 Å². The van der Waals surface area contributed by atoms with Gasteiger partial charge in [-0.15, -0.1) is 0 Å². The van der Waals surface area contributed by atoms with E-state index in [0.29, 0.717) is 13.0 Å². The summed E-state index contributed by atoms with van der Waals surface area (Å²) in [5, 5.41) is 11.2. The summed E-state index contributed by atoms with van der Waals surface area (Å²) in [7, 11) is 0. The van der Waals surface area contributed by atoms with Gasteiger partial charge in [0.2, 0.25) is 5.91 Å². The van der Waals surface area contributed by atoms with Crippen LogP contribution in [0.1, 0.15) is 32.1 Å². The molecule has 1 rings (SSSR count). The molecule has 1 amide bonds. The van der Waals surface area contributed by atoms with E-state index in [-0.39, 0.29) is 18.9 Å². The molecule has 0 fully saturated rings. The molecule has 0 saturated heterocycles. The summed E-state index contributed by atoms with van der Waals surface area (Å²) in [4.78, 5) is 36.7. The van der Waals surface area contributed by atoms with E-state index in [0.717, 1.165) is 19.3 Å². The monoisotopic (exact) mass is 281 g/mol. The first-order valence-electron chi connectivity index (χ1n) is 6.59. The maximum Gasteiger partial charge on any atom is 0.347 e. The van der Waals surface area contributed by atoms with Crippen molar-refractivity contribution in [1.29, 1.82) is 0 Å². The lowest BCUT2D eigenvalue weighted by atomic mass is 10.1. The highest BCUT2D eigenvalue weighted by atomic mass is 16.4. The van der Waals surface area contributed by atoms with Crippen LogP contribution in [0.3, 0.4) is 0 Å². The largest absolute Gasteiger partial charge is 0.481 e. The molecule has 0 unspecified atom stereocenters. The number of carbonyl (C=O) groups is 2. The van der Waals surface area contributed by atoms with Gasteiger partial charge in [-0.3, -0.25) is 14.2 Å². The van der Waals surface area contributed by atoms with E-state index in [1.807, 2.05) is 0 Å². The van der Waals surface area contributed by atoms with Crippen molar-refractivity contribution in [2.24, 2.45) is 0 Å². The van der Waals surface area contributed by atoms with Gasteiger partial charge in [0, 0.05) is 25.4 Å². The Kier molecular flexibility index (Phi) is 7.02. The molecule has 1 aromatic heterocycles. The zero-order chi connectivity index (χ0) is 14.8. The quantitative estimate of drug-likeness (QED) is 0.638. The predicted molar refractivity (Wildman–Crippen MR) is 72.2 cm³/mol. The van der Waals surface area contributed by atoms with Gasteiger partial charge in [0.1, 0.15) is 6.54 Å². The van der Waals surface area contributed by atoms with Crippen LogP contribution >= 0.6 is 0 Å². The molecule has 7 nitrogen and oxygen atoms in total. The second kappa shape index (κ2) is 8.84. The predicted octanol–water partition coefficient (Wildman–Crippen LogP) is 0.395. The van der Waals surface area contributed by atoms with Crippen molar-refractivity contribution in [3.8, 4) is 0 Å². The van der Waals surface area contributed by atoms with Crippen LogP contribution in [-0.4, -0.2) is 33.1 Å². The van der Waals surface area contributed by atoms with Crippen molar-refractivity contribution >= 4 is 11.9 Å². The number of carbonyl (C=O) groups excluding carboxylic acids is 1. The van der Waals surface area contributed by atoms with Crippen LogP contribution in [0, 0.1) is 0 Å². The van der Waals surface area contributed by atoms with Crippen LogP contribution in [0.2, 0.25) is 0 Å². The fourth-order valence-corrected chi connectivity index (χ4v) is 1.70. The molecule has 7 heteroatoms. The summed E-state index contributed by atoms with van der Waals surface area (Å²) in [5.74, 6) is -1.01. The second-order valence-electron chi connectivity index (χ2n) is 4.44. The van der Waals surface area contributed by atoms with Gasteiger partial charge in [0.15, 0.2) is 0 Å². The standard InChI is InChI=1S/C13H19N3O4/c17-11(10-16-9-5-8-15-13(16)20)14-7-4-2-1-3-6-12(18)19/h5,8-9H,1-4,6-7,10H2,(H,14,17)(H,18,19). The number of nitrogens with zero attached hydrogens (tertiary/aromatic N) is 2. The Morgan fingerprint density at radius 3 is 2.70 bits per heavy atom. The Labute approximate surface area is 116 Å². The summed E-state index contributed by atoms with van der Waals surface area (Å²) in [6.07, 6.45) is 6.26. The number of hydrogen-bond donors (Lipinski definition) is 2. The van der Waals surface area contributed by atoms with Gasteiger partial charge in [-0.1, -0.05) is 12.8 Å². The lowest BCUT2D eigenvalue weighted by Crippen LogP contribution is -2.33. The van der Waals surface area contributed by atoms with Crippen molar-refractivity contribution in [2.75, 3.05) is 6.54 Å². The fraction of sp³-hybridized carbons (Fsp3) is 0.538. The maximum atomic E-state index is 11.6. The molecule has 0 aliphatic rings. The third kappa shape index (κ3) is 6.67. The molecule has 0 radical (unpaired) electrons. The number of carboxylic acid groups (broad SMARTS) is 1. The van der Waals surface area contributed by atoms with Crippen LogP contribution in [0.5, 0.6) is 0 Å². The van der Waals surface area contributed by atoms with Crippen LogP contribution in [0.15, 0.2) is 23.3 Å². The van der Waals surface area contributed by atoms with Gasteiger partial charge in [-0.25, -0.2) is 9.78 Å². The first kappa shape index (κ1) is 15.9. The minimum Gasteiger partial charge on any atom is -0.481 e. The topological polar surface area (TPSA) is 101 Å². The highest BCUT2D eigenvalue weighted by molar-refractivity contribution is 5.75. The molecule has 0 saturated carbocycles. The Balaban J connectivity index is 2.11. The van der Waals surface area contributed by atoms with Gasteiger partial charge in [-0.2, -0.15) is 0 Å². The van der Waals surface area contributed by atoms with E-state index in [1.54, 1.807) is 6.07 Å². The lowest BCUT2D eigenvalue weighted by molar-refractivity contribution is -0.137. The number of carboxylic acids is 1. The van der Waals surface area contributed by atoms with Crippen molar-refractivity contribution in [2.45, 2.75) is 38.6 Å². The van der Waals surface area contributed by atoms with Gasteiger partial charge in [-0.05, 0) is 18.9 Å². The highest BCUT2D eigenvalue weighted by Crippen LogP contribution is 2.02. The summed E-state index contributed by atoms with van der Waals surface area (Å²) < 4.78 is 1.24. The highest BCUT2D eigenvalue weighted by Gasteiger charge is 2.03. The molecule has 0 atom stereocenters. The molecule has 1 heterocycles. The molecule has 1 aromatic rings. The molecule has 0 aliphatic heterocycles. The van der Waals surface area contributed by atoms with Crippen LogP contribution < -0.4 is 11.0 Å². The first-order chi connectivity index (χ1) is 9.59. The zero-order valence-corrected chi connectivity index (χ0v) is 11.2. The zero-order valence-electron chi connectivity index (χ0n) is 11.2. The third-order valence-corrected chi connectivity index (χ3v) is 2.74. The number of nitrogens with one attached hydrogen (secondary N) is 1. The minimum atomic E-state index is -0.778. The van der Waals surface area contributed by atoms with Crippen LogP contribution in [0.4, 0.5) is 0 Å². The molecule has 0 bridgehead atoms. The molecule has 0 aliphatic carbocycles. The van der Waals surface area contributed by atoms with Gasteiger partial charge in [0.25, 0.3) is 0 Å². The van der Waals surface area contributed by atoms with Crippen molar-refractivity contribution in [3.05, 3.63) is 28.9 Å². The smallest absolute Gasteiger partial charge is 0.347 e. The maximum absolute atomic E-state index is 11.6. The number of aliphatic carboxylic acids is 1. The summed E-state index contributed by atoms with van der Waals surface area (Å²) >= 11 is 0. The number of aromatic nitrogens is 2. The van der Waals surface area contributed by atoms with E-state index in [1.165, 1.54) is 17.0 Å². The molecule has 20 heavy (non-hydrogen) atoms. The summed E-state index contributed by atoms with van der Waals surface area (Å²) in [6, 6.07) is 1.59. The molecule has 2 N–H and O–H groups in total. The normalized spacial score (nSPS) is 10.2. The molecule has 0 aromatic carbocycles. The minimum absolute atomic E-state index is 0.0360.